The van der Waals surface area contributed by atoms with E-state index < -0.39 is 28.5 Å². The van der Waals surface area contributed by atoms with Gasteiger partial charge in [0, 0.05) is 24.4 Å². The number of nitrogens with zero attached hydrogens (tertiary/aromatic N) is 2. The molecule has 1 saturated heterocycles. The topological polar surface area (TPSA) is 87.5 Å². The summed E-state index contributed by atoms with van der Waals surface area (Å²) in [5.74, 6) is 0. The first kappa shape index (κ1) is 26.0. The van der Waals surface area contributed by atoms with Crippen molar-refractivity contribution in [3.8, 4) is 0 Å². The zero-order valence-electron chi connectivity index (χ0n) is 21.6. The molecular formula is C25H36N3O5PSi. The molecule has 0 saturated carbocycles. The fraction of sp³-hybridized carbons (Fsp3) is 0.520. The standard InChI is InChI=1S/C25H36N3O5PSi/c1-17-15-27(24(30)26-23(17)29)22-14-20(21(32-22)16-31-35(6,7)25(2,3)4)33-34(5)28-13-12-18-10-8-9-11-19(18)28/h8-13,15,20-22H,14,16H2,1-7H3,(H,26,29,30)/t20-,21+,22+,34?/m0/s1. The SMILES string of the molecule is Cc1cn([C@H]2C[C@H](OP(C)n3ccc4ccccc43)[C@@H](CO[Si](C)(C)C(C)(C)C)O2)c(=O)[nH]c1=O. The molecule has 1 aromatic carbocycles. The van der Waals surface area contributed by atoms with Crippen LogP contribution in [0.4, 0.5) is 0 Å². The number of fused-ring (bicyclic) bond motifs is 1. The molecule has 1 N–H and O–H groups in total. The van der Waals surface area contributed by atoms with Crippen LogP contribution in [0.25, 0.3) is 10.9 Å². The van der Waals surface area contributed by atoms with Crippen LogP contribution in [0.1, 0.15) is 39.0 Å². The second-order valence-corrected chi connectivity index (χ2v) is 17.1. The third kappa shape index (κ3) is 5.39. The Kier molecular flexibility index (Phi) is 7.28. The van der Waals surface area contributed by atoms with Crippen LogP contribution in [0, 0.1) is 6.92 Å². The normalized spacial score (nSPS) is 22.1. The summed E-state index contributed by atoms with van der Waals surface area (Å²) in [5, 5.41) is 1.23. The van der Waals surface area contributed by atoms with Crippen molar-refractivity contribution >= 4 is 27.5 Å². The van der Waals surface area contributed by atoms with Crippen LogP contribution in [-0.4, -0.2) is 47.7 Å². The highest BCUT2D eigenvalue weighted by atomic mass is 31.2. The van der Waals surface area contributed by atoms with Crippen molar-refractivity contribution in [2.24, 2.45) is 0 Å². The van der Waals surface area contributed by atoms with Gasteiger partial charge in [0.2, 0.25) is 0 Å². The highest BCUT2D eigenvalue weighted by Crippen LogP contribution is 2.44. The summed E-state index contributed by atoms with van der Waals surface area (Å²) in [6, 6.07) is 10.3. The molecule has 1 aliphatic heterocycles. The fourth-order valence-corrected chi connectivity index (χ4v) is 6.47. The Morgan fingerprint density at radius 3 is 2.63 bits per heavy atom. The van der Waals surface area contributed by atoms with Gasteiger partial charge in [-0.25, -0.2) is 4.79 Å². The number of hydrogen-bond acceptors (Lipinski definition) is 5. The van der Waals surface area contributed by atoms with Gasteiger partial charge in [0.05, 0.1) is 18.2 Å². The molecule has 3 aromatic rings. The second kappa shape index (κ2) is 9.79. The van der Waals surface area contributed by atoms with Crippen LogP contribution in [0.15, 0.2) is 52.3 Å². The van der Waals surface area contributed by atoms with E-state index in [1.54, 1.807) is 13.1 Å². The Balaban J connectivity index is 1.59. The third-order valence-electron chi connectivity index (χ3n) is 7.22. The molecule has 1 aliphatic rings. The van der Waals surface area contributed by atoms with Crippen LogP contribution in [0.2, 0.25) is 18.1 Å². The average molecular weight is 518 g/mol. The first-order valence-corrected chi connectivity index (χ1v) is 16.5. The quantitative estimate of drug-likeness (QED) is 0.353. The Morgan fingerprint density at radius 1 is 1.20 bits per heavy atom. The van der Waals surface area contributed by atoms with Gasteiger partial charge < -0.3 is 18.0 Å². The minimum Gasteiger partial charge on any atom is -0.414 e. The molecule has 0 radical (unpaired) electrons. The number of aromatic nitrogens is 3. The number of hydrogen-bond donors (Lipinski definition) is 1. The molecule has 10 heteroatoms. The van der Waals surface area contributed by atoms with Crippen molar-refractivity contribution in [2.75, 3.05) is 13.3 Å². The van der Waals surface area contributed by atoms with E-state index in [0.29, 0.717) is 18.6 Å². The van der Waals surface area contributed by atoms with Gasteiger partial charge in [0.25, 0.3) is 5.56 Å². The molecule has 1 fully saturated rings. The number of nitrogens with one attached hydrogen (secondary N) is 1. The van der Waals surface area contributed by atoms with E-state index in [0.717, 1.165) is 5.52 Å². The zero-order chi connectivity index (χ0) is 25.5. The molecule has 2 aromatic heterocycles. The molecule has 190 valence electrons. The molecule has 4 rings (SSSR count). The molecule has 0 spiro atoms. The van der Waals surface area contributed by atoms with Gasteiger partial charge in [0.1, 0.15) is 20.6 Å². The first-order chi connectivity index (χ1) is 16.4. The van der Waals surface area contributed by atoms with Crippen LogP contribution >= 0.6 is 8.30 Å². The molecule has 1 unspecified atom stereocenters. The van der Waals surface area contributed by atoms with Crippen molar-refractivity contribution in [3.05, 3.63) is 69.1 Å². The Labute approximate surface area is 208 Å². The van der Waals surface area contributed by atoms with E-state index in [-0.39, 0.29) is 22.8 Å². The van der Waals surface area contributed by atoms with Crippen molar-refractivity contribution in [1.82, 2.24) is 13.9 Å². The summed E-state index contributed by atoms with van der Waals surface area (Å²) in [7, 11) is -3.01. The number of aryl methyl sites for hydroxylation is 1. The fourth-order valence-electron chi connectivity index (χ4n) is 4.00. The van der Waals surface area contributed by atoms with Gasteiger partial charge in [0.15, 0.2) is 8.32 Å². The van der Waals surface area contributed by atoms with Gasteiger partial charge in [-0.05, 0) is 49.2 Å². The lowest BCUT2D eigenvalue weighted by Gasteiger charge is -2.37. The third-order valence-corrected chi connectivity index (χ3v) is 13.3. The summed E-state index contributed by atoms with van der Waals surface area (Å²) in [5.41, 5.74) is 0.721. The van der Waals surface area contributed by atoms with Crippen molar-refractivity contribution in [1.29, 1.82) is 0 Å². The van der Waals surface area contributed by atoms with E-state index in [1.807, 2.05) is 12.1 Å². The first-order valence-electron chi connectivity index (χ1n) is 12.0. The van der Waals surface area contributed by atoms with Gasteiger partial charge in [-0.15, -0.1) is 0 Å². The maximum Gasteiger partial charge on any atom is 0.330 e. The van der Waals surface area contributed by atoms with Crippen molar-refractivity contribution < 1.29 is 13.7 Å². The Morgan fingerprint density at radius 2 is 1.91 bits per heavy atom. The molecule has 8 nitrogen and oxygen atoms in total. The number of para-hydroxylation sites is 1. The largest absolute Gasteiger partial charge is 0.414 e. The summed E-state index contributed by atoms with van der Waals surface area (Å²) < 4.78 is 23.1. The lowest BCUT2D eigenvalue weighted by Crippen LogP contribution is -2.44. The van der Waals surface area contributed by atoms with E-state index >= 15 is 0 Å². The van der Waals surface area contributed by atoms with Gasteiger partial charge >= 0.3 is 5.69 Å². The second-order valence-electron chi connectivity index (χ2n) is 10.7. The average Bonchev–Trinajstić information content (AvgIpc) is 3.38. The summed E-state index contributed by atoms with van der Waals surface area (Å²) >= 11 is 0. The summed E-state index contributed by atoms with van der Waals surface area (Å²) in [6.45, 7) is 15.2. The maximum absolute atomic E-state index is 12.6. The maximum atomic E-state index is 12.6. The smallest absolute Gasteiger partial charge is 0.330 e. The van der Waals surface area contributed by atoms with Crippen molar-refractivity contribution in [2.45, 2.75) is 70.7 Å². The molecule has 0 amide bonds. The van der Waals surface area contributed by atoms with Crippen LogP contribution in [-0.2, 0) is 13.7 Å². The number of rotatable bonds is 7. The van der Waals surface area contributed by atoms with E-state index in [1.165, 1.54) is 9.95 Å². The highest BCUT2D eigenvalue weighted by molar-refractivity contribution is 7.50. The number of H-pyrrole nitrogens is 1. The molecular weight excluding hydrogens is 481 g/mol. The summed E-state index contributed by atoms with van der Waals surface area (Å²) in [6.07, 6.45) is 2.97. The predicted molar refractivity (Wildman–Crippen MR) is 143 cm³/mol. The minimum atomic E-state index is -2.01. The van der Waals surface area contributed by atoms with E-state index in [2.05, 4.69) is 74.2 Å². The van der Waals surface area contributed by atoms with E-state index in [4.69, 9.17) is 13.7 Å². The number of benzene rings is 1. The monoisotopic (exact) mass is 517 g/mol. The van der Waals surface area contributed by atoms with E-state index in [9.17, 15) is 9.59 Å². The molecule has 35 heavy (non-hydrogen) atoms. The van der Waals surface area contributed by atoms with Crippen LogP contribution in [0.3, 0.4) is 0 Å². The molecule has 0 bridgehead atoms. The van der Waals surface area contributed by atoms with Crippen LogP contribution < -0.4 is 11.2 Å². The minimum absolute atomic E-state index is 0.0652. The highest BCUT2D eigenvalue weighted by Gasteiger charge is 2.43. The molecule has 3 heterocycles. The number of ether oxygens (including phenoxy) is 1. The van der Waals surface area contributed by atoms with Crippen LogP contribution in [0.5, 0.6) is 0 Å². The molecule has 0 aliphatic carbocycles. The zero-order valence-corrected chi connectivity index (χ0v) is 23.5. The van der Waals surface area contributed by atoms with Gasteiger partial charge in [-0.3, -0.25) is 14.3 Å². The lowest BCUT2D eigenvalue weighted by molar-refractivity contribution is -0.0384. The predicted octanol–water partition coefficient (Wildman–Crippen LogP) is 4.98. The molecule has 4 atom stereocenters. The lowest BCUT2D eigenvalue weighted by atomic mass is 10.2. The Bertz CT molecular complexity index is 1310. The Hall–Kier alpha value is -2.03. The summed E-state index contributed by atoms with van der Waals surface area (Å²) in [4.78, 5) is 26.8. The van der Waals surface area contributed by atoms with Gasteiger partial charge in [-0.1, -0.05) is 39.0 Å². The van der Waals surface area contributed by atoms with Gasteiger partial charge in [-0.2, -0.15) is 0 Å². The van der Waals surface area contributed by atoms with Crippen molar-refractivity contribution in [3.63, 3.8) is 0 Å². The number of aromatic amines is 1.